The van der Waals surface area contributed by atoms with Crippen LogP contribution in [0.2, 0.25) is 0 Å². The van der Waals surface area contributed by atoms with Gasteiger partial charge < -0.3 is 5.32 Å². The van der Waals surface area contributed by atoms with Gasteiger partial charge in [0.1, 0.15) is 0 Å². The van der Waals surface area contributed by atoms with Crippen molar-refractivity contribution in [1.29, 1.82) is 0 Å². The second-order valence-corrected chi connectivity index (χ2v) is 5.36. The number of rotatable bonds is 3. The van der Waals surface area contributed by atoms with E-state index < -0.39 is 0 Å². The topological polar surface area (TPSA) is 32.3 Å². The summed E-state index contributed by atoms with van der Waals surface area (Å²) in [6.07, 6.45) is 2.67. The predicted octanol–water partition coefficient (Wildman–Crippen LogP) is 2.88. The normalized spacial score (nSPS) is 20.7. The molecule has 1 saturated heterocycles. The maximum Gasteiger partial charge on any atom is 0.221 e. The van der Waals surface area contributed by atoms with Crippen molar-refractivity contribution in [3.05, 3.63) is 29.8 Å². The van der Waals surface area contributed by atoms with Crippen LogP contribution >= 0.6 is 0 Å². The predicted molar refractivity (Wildman–Crippen MR) is 74.4 cm³/mol. The molecule has 1 aliphatic heterocycles. The molecule has 1 heterocycles. The number of hydrogen-bond acceptors (Lipinski definition) is 2. The first-order valence-electron chi connectivity index (χ1n) is 6.72. The minimum Gasteiger partial charge on any atom is -0.326 e. The standard InChI is InChI=1S/C15H22N2O/c1-12-4-3-9-17(10-12)11-14-5-7-15(8-6-14)16-13(2)18/h5-8,12H,3-4,9-11H2,1-2H3,(H,16,18). The smallest absolute Gasteiger partial charge is 0.221 e. The Bertz CT molecular complexity index is 399. The molecule has 1 atom stereocenters. The minimum absolute atomic E-state index is 0.0207. The molecule has 1 aliphatic rings. The summed E-state index contributed by atoms with van der Waals surface area (Å²) in [5.41, 5.74) is 2.19. The Morgan fingerprint density at radius 2 is 2.11 bits per heavy atom. The van der Waals surface area contributed by atoms with E-state index in [4.69, 9.17) is 0 Å². The summed E-state index contributed by atoms with van der Waals surface area (Å²) in [6.45, 7) is 7.28. The van der Waals surface area contributed by atoms with Gasteiger partial charge in [-0.3, -0.25) is 9.69 Å². The Balaban J connectivity index is 1.91. The van der Waals surface area contributed by atoms with E-state index >= 15 is 0 Å². The largest absolute Gasteiger partial charge is 0.326 e. The molecule has 18 heavy (non-hydrogen) atoms. The van der Waals surface area contributed by atoms with Crippen LogP contribution in [0.4, 0.5) is 5.69 Å². The number of benzene rings is 1. The van der Waals surface area contributed by atoms with Gasteiger partial charge in [0.15, 0.2) is 0 Å². The highest BCUT2D eigenvalue weighted by Crippen LogP contribution is 2.18. The molecule has 3 nitrogen and oxygen atoms in total. The van der Waals surface area contributed by atoms with Crippen molar-refractivity contribution in [2.24, 2.45) is 5.92 Å². The van der Waals surface area contributed by atoms with Gasteiger partial charge in [0.05, 0.1) is 0 Å². The number of nitrogens with one attached hydrogen (secondary N) is 1. The third kappa shape index (κ3) is 3.84. The molecule has 0 aliphatic carbocycles. The third-order valence-electron chi connectivity index (χ3n) is 3.42. The fourth-order valence-electron chi connectivity index (χ4n) is 2.59. The monoisotopic (exact) mass is 246 g/mol. The van der Waals surface area contributed by atoms with Crippen LogP contribution in [0, 0.1) is 5.92 Å². The van der Waals surface area contributed by atoms with E-state index in [1.54, 1.807) is 0 Å². The second kappa shape index (κ2) is 6.01. The maximum absolute atomic E-state index is 10.9. The lowest BCUT2D eigenvalue weighted by molar-refractivity contribution is -0.114. The van der Waals surface area contributed by atoms with Crippen LogP contribution in [0.25, 0.3) is 0 Å². The highest BCUT2D eigenvalue weighted by Gasteiger charge is 2.15. The molecule has 1 fully saturated rings. The molecule has 1 aromatic rings. The SMILES string of the molecule is CC(=O)Nc1ccc(CN2CCCC(C)C2)cc1. The lowest BCUT2D eigenvalue weighted by atomic mass is 10.00. The van der Waals surface area contributed by atoms with E-state index in [9.17, 15) is 4.79 Å². The molecule has 2 rings (SSSR count). The number of carbonyl (C=O) groups is 1. The molecule has 1 N–H and O–H groups in total. The van der Waals surface area contributed by atoms with Crippen LogP contribution in [0.5, 0.6) is 0 Å². The summed E-state index contributed by atoms with van der Waals surface area (Å²) in [7, 11) is 0. The van der Waals surface area contributed by atoms with E-state index in [2.05, 4.69) is 29.3 Å². The van der Waals surface area contributed by atoms with Gasteiger partial charge in [0.2, 0.25) is 5.91 Å². The van der Waals surface area contributed by atoms with Crippen LogP contribution in [0.15, 0.2) is 24.3 Å². The van der Waals surface area contributed by atoms with Gasteiger partial charge in [-0.1, -0.05) is 19.1 Å². The van der Waals surface area contributed by atoms with Crippen LogP contribution in [-0.2, 0) is 11.3 Å². The van der Waals surface area contributed by atoms with Gasteiger partial charge in [-0.2, -0.15) is 0 Å². The summed E-state index contributed by atoms with van der Waals surface area (Å²) >= 11 is 0. The fraction of sp³-hybridized carbons (Fsp3) is 0.533. The lowest BCUT2D eigenvalue weighted by Gasteiger charge is -2.30. The van der Waals surface area contributed by atoms with Crippen LogP contribution in [-0.4, -0.2) is 23.9 Å². The third-order valence-corrected chi connectivity index (χ3v) is 3.42. The Hall–Kier alpha value is -1.35. The lowest BCUT2D eigenvalue weighted by Crippen LogP contribution is -2.33. The molecular formula is C15H22N2O. The molecule has 0 saturated carbocycles. The van der Waals surface area contributed by atoms with Crippen molar-refractivity contribution in [3.8, 4) is 0 Å². The van der Waals surface area contributed by atoms with Crippen molar-refractivity contribution in [2.45, 2.75) is 33.2 Å². The fourth-order valence-corrected chi connectivity index (χ4v) is 2.59. The molecule has 1 unspecified atom stereocenters. The van der Waals surface area contributed by atoms with E-state index in [1.807, 2.05) is 12.1 Å². The number of anilines is 1. The first kappa shape index (κ1) is 13.1. The molecular weight excluding hydrogens is 224 g/mol. The zero-order valence-electron chi connectivity index (χ0n) is 11.3. The molecule has 0 spiro atoms. The van der Waals surface area contributed by atoms with Crippen molar-refractivity contribution >= 4 is 11.6 Å². The van der Waals surface area contributed by atoms with Crippen LogP contribution in [0.3, 0.4) is 0 Å². The number of likely N-dealkylation sites (tertiary alicyclic amines) is 1. The van der Waals surface area contributed by atoms with E-state index in [-0.39, 0.29) is 5.91 Å². The first-order chi connectivity index (χ1) is 8.63. The summed E-state index contributed by atoms with van der Waals surface area (Å²) < 4.78 is 0. The number of carbonyl (C=O) groups excluding carboxylic acids is 1. The van der Waals surface area contributed by atoms with Gasteiger partial charge >= 0.3 is 0 Å². The summed E-state index contributed by atoms with van der Waals surface area (Å²) in [6, 6.07) is 8.16. The van der Waals surface area contributed by atoms with Crippen molar-refractivity contribution in [3.63, 3.8) is 0 Å². The Labute approximate surface area is 109 Å². The number of nitrogens with zero attached hydrogens (tertiary/aromatic N) is 1. The van der Waals surface area contributed by atoms with Gasteiger partial charge in [-0.25, -0.2) is 0 Å². The zero-order chi connectivity index (χ0) is 13.0. The van der Waals surface area contributed by atoms with E-state index in [1.165, 1.54) is 38.4 Å². The Morgan fingerprint density at radius 1 is 1.39 bits per heavy atom. The van der Waals surface area contributed by atoms with E-state index in [0.717, 1.165) is 18.2 Å². The van der Waals surface area contributed by atoms with E-state index in [0.29, 0.717) is 0 Å². The molecule has 1 aromatic carbocycles. The molecule has 98 valence electrons. The first-order valence-corrected chi connectivity index (χ1v) is 6.72. The van der Waals surface area contributed by atoms with Gasteiger partial charge in [-0.15, -0.1) is 0 Å². The average molecular weight is 246 g/mol. The molecule has 0 radical (unpaired) electrons. The van der Waals surface area contributed by atoms with Crippen molar-refractivity contribution < 1.29 is 4.79 Å². The van der Waals surface area contributed by atoms with Crippen LogP contribution < -0.4 is 5.32 Å². The quantitative estimate of drug-likeness (QED) is 0.889. The van der Waals surface area contributed by atoms with Crippen molar-refractivity contribution in [1.82, 2.24) is 4.90 Å². The number of piperidine rings is 1. The minimum atomic E-state index is -0.0207. The summed E-state index contributed by atoms with van der Waals surface area (Å²) in [5, 5.41) is 2.79. The van der Waals surface area contributed by atoms with Gasteiger partial charge in [-0.05, 0) is 43.0 Å². The van der Waals surface area contributed by atoms with Gasteiger partial charge in [0, 0.05) is 25.7 Å². The Morgan fingerprint density at radius 3 is 2.72 bits per heavy atom. The molecule has 1 amide bonds. The zero-order valence-corrected chi connectivity index (χ0v) is 11.3. The molecule has 3 heteroatoms. The maximum atomic E-state index is 10.9. The van der Waals surface area contributed by atoms with Crippen LogP contribution in [0.1, 0.15) is 32.3 Å². The molecule has 0 aromatic heterocycles. The summed E-state index contributed by atoms with van der Waals surface area (Å²) in [5.74, 6) is 0.796. The molecule has 0 bridgehead atoms. The Kier molecular flexibility index (Phi) is 4.37. The highest BCUT2D eigenvalue weighted by atomic mass is 16.1. The summed E-state index contributed by atoms with van der Waals surface area (Å²) in [4.78, 5) is 13.4. The number of hydrogen-bond donors (Lipinski definition) is 1. The average Bonchev–Trinajstić information content (AvgIpc) is 2.31. The van der Waals surface area contributed by atoms with Crippen molar-refractivity contribution in [2.75, 3.05) is 18.4 Å². The highest BCUT2D eigenvalue weighted by molar-refractivity contribution is 5.88. The van der Waals surface area contributed by atoms with Gasteiger partial charge in [0.25, 0.3) is 0 Å². The number of amides is 1. The second-order valence-electron chi connectivity index (χ2n) is 5.36.